The van der Waals surface area contributed by atoms with Crippen LogP contribution in [0.15, 0.2) is 48.5 Å². The number of benzene rings is 2. The molecule has 31 heavy (non-hydrogen) atoms. The highest BCUT2D eigenvalue weighted by atomic mass is 32.2. The number of hydrogen-bond donors (Lipinski definition) is 2. The number of sulfonamides is 1. The van der Waals surface area contributed by atoms with E-state index in [4.69, 9.17) is 9.47 Å². The highest BCUT2D eigenvalue weighted by molar-refractivity contribution is 7.92. The van der Waals surface area contributed by atoms with Crippen LogP contribution < -0.4 is 19.7 Å². The number of nitrogens with one attached hydrogen (secondary N) is 2. The molecule has 2 amide bonds. The fourth-order valence-corrected chi connectivity index (χ4v) is 3.07. The fourth-order valence-electron chi connectivity index (χ4n) is 2.57. The lowest BCUT2D eigenvalue weighted by atomic mass is 10.1. The van der Waals surface area contributed by atoms with Crippen LogP contribution in [0.4, 0.5) is 11.4 Å². The smallest absolute Gasteiger partial charge is 0.265 e. The van der Waals surface area contributed by atoms with Crippen LogP contribution in [0, 0.1) is 0 Å². The van der Waals surface area contributed by atoms with E-state index in [9.17, 15) is 18.0 Å². The summed E-state index contributed by atoms with van der Waals surface area (Å²) in [4.78, 5) is 24.9. The molecule has 0 aliphatic carbocycles. The SMILES string of the molecule is COCCNC(=O)c1ccccc1NC(=O)C(C)Oc1ccc(N(C)S(C)(=O)=O)cc1. The molecule has 0 radical (unpaired) electrons. The van der Waals surface area contributed by atoms with E-state index < -0.39 is 22.0 Å². The third kappa shape index (κ3) is 6.97. The Morgan fingerprint density at radius 2 is 1.74 bits per heavy atom. The third-order valence-corrected chi connectivity index (χ3v) is 5.61. The molecule has 2 aromatic rings. The van der Waals surface area contributed by atoms with Crippen molar-refractivity contribution in [2.45, 2.75) is 13.0 Å². The zero-order valence-electron chi connectivity index (χ0n) is 17.9. The van der Waals surface area contributed by atoms with Crippen molar-refractivity contribution in [2.24, 2.45) is 0 Å². The van der Waals surface area contributed by atoms with Crippen molar-refractivity contribution >= 4 is 33.2 Å². The van der Waals surface area contributed by atoms with Gasteiger partial charge in [0.1, 0.15) is 5.75 Å². The molecular weight excluding hydrogens is 422 g/mol. The summed E-state index contributed by atoms with van der Waals surface area (Å²) in [5.74, 6) is -0.361. The van der Waals surface area contributed by atoms with Crippen LogP contribution >= 0.6 is 0 Å². The lowest BCUT2D eigenvalue weighted by molar-refractivity contribution is -0.122. The number of methoxy groups -OCH3 is 1. The number of carbonyl (C=O) groups excluding carboxylic acids is 2. The van der Waals surface area contributed by atoms with E-state index in [-0.39, 0.29) is 5.91 Å². The molecule has 0 saturated carbocycles. The summed E-state index contributed by atoms with van der Waals surface area (Å²) in [5, 5.41) is 5.42. The van der Waals surface area contributed by atoms with Gasteiger partial charge in [-0.3, -0.25) is 13.9 Å². The maximum absolute atomic E-state index is 12.6. The number of anilines is 2. The summed E-state index contributed by atoms with van der Waals surface area (Å²) >= 11 is 0. The second-order valence-electron chi connectivity index (χ2n) is 6.77. The number of nitrogens with zero attached hydrogens (tertiary/aromatic N) is 1. The third-order valence-electron chi connectivity index (χ3n) is 4.40. The summed E-state index contributed by atoms with van der Waals surface area (Å²) < 4.78 is 34.9. The van der Waals surface area contributed by atoms with Gasteiger partial charge in [0.25, 0.3) is 11.8 Å². The molecule has 0 heterocycles. The molecule has 0 aromatic heterocycles. The molecule has 0 spiro atoms. The predicted octanol–water partition coefficient (Wildman–Crippen LogP) is 1.86. The average Bonchev–Trinajstić information content (AvgIpc) is 2.73. The first-order valence-electron chi connectivity index (χ1n) is 9.51. The minimum absolute atomic E-state index is 0.326. The zero-order chi connectivity index (χ0) is 23.0. The first-order chi connectivity index (χ1) is 14.6. The summed E-state index contributed by atoms with van der Waals surface area (Å²) in [5.41, 5.74) is 1.16. The molecule has 0 aliphatic rings. The van der Waals surface area contributed by atoms with E-state index in [1.165, 1.54) is 7.05 Å². The normalized spacial score (nSPS) is 12.0. The van der Waals surface area contributed by atoms with Crippen molar-refractivity contribution in [2.75, 3.05) is 43.2 Å². The van der Waals surface area contributed by atoms with E-state index >= 15 is 0 Å². The molecule has 168 valence electrons. The molecule has 1 atom stereocenters. The van der Waals surface area contributed by atoms with E-state index in [2.05, 4.69) is 10.6 Å². The Morgan fingerprint density at radius 1 is 1.10 bits per heavy atom. The van der Waals surface area contributed by atoms with Gasteiger partial charge < -0.3 is 20.1 Å². The monoisotopic (exact) mass is 449 g/mol. The Hall–Kier alpha value is -3.11. The van der Waals surface area contributed by atoms with E-state index in [0.717, 1.165) is 10.6 Å². The second-order valence-corrected chi connectivity index (χ2v) is 8.78. The van der Waals surface area contributed by atoms with Gasteiger partial charge >= 0.3 is 0 Å². The van der Waals surface area contributed by atoms with Crippen LogP contribution in [0.25, 0.3) is 0 Å². The number of carbonyl (C=O) groups is 2. The van der Waals surface area contributed by atoms with Gasteiger partial charge in [0.15, 0.2) is 6.10 Å². The molecule has 2 rings (SSSR count). The van der Waals surface area contributed by atoms with E-state index in [1.54, 1.807) is 62.6 Å². The topological polar surface area (TPSA) is 114 Å². The molecule has 0 saturated heterocycles. The maximum Gasteiger partial charge on any atom is 0.265 e. The second kappa shape index (κ2) is 10.8. The zero-order valence-corrected chi connectivity index (χ0v) is 18.7. The molecule has 2 aromatic carbocycles. The van der Waals surface area contributed by atoms with Crippen LogP contribution in [0.5, 0.6) is 5.75 Å². The standard InChI is InChI=1S/C21H27N3O6S/c1-15(30-17-11-9-16(10-12-17)24(2)31(4,27)28)20(25)23-19-8-6-5-7-18(19)21(26)22-13-14-29-3/h5-12,15H,13-14H2,1-4H3,(H,22,26)(H,23,25). The lowest BCUT2D eigenvalue weighted by Gasteiger charge is -2.19. The van der Waals surface area contributed by atoms with Gasteiger partial charge in [0.2, 0.25) is 10.0 Å². The van der Waals surface area contributed by atoms with Crippen LogP contribution in [0.3, 0.4) is 0 Å². The molecule has 9 nitrogen and oxygen atoms in total. The molecule has 1 unspecified atom stereocenters. The summed E-state index contributed by atoms with van der Waals surface area (Å²) in [6.45, 7) is 2.30. The minimum Gasteiger partial charge on any atom is -0.481 e. The van der Waals surface area contributed by atoms with Crippen LogP contribution in [0.1, 0.15) is 17.3 Å². The Morgan fingerprint density at radius 3 is 2.35 bits per heavy atom. The molecule has 0 aliphatic heterocycles. The Kier molecular flexibility index (Phi) is 8.40. The summed E-state index contributed by atoms with van der Waals surface area (Å²) in [7, 11) is -0.380. The van der Waals surface area contributed by atoms with Crippen molar-refractivity contribution in [3.05, 3.63) is 54.1 Å². The number of para-hydroxylation sites is 1. The van der Waals surface area contributed by atoms with Crippen molar-refractivity contribution in [1.82, 2.24) is 5.32 Å². The quantitative estimate of drug-likeness (QED) is 0.535. The largest absolute Gasteiger partial charge is 0.481 e. The first-order valence-corrected chi connectivity index (χ1v) is 11.4. The highest BCUT2D eigenvalue weighted by Gasteiger charge is 2.19. The van der Waals surface area contributed by atoms with E-state index in [0.29, 0.717) is 35.8 Å². The highest BCUT2D eigenvalue weighted by Crippen LogP contribution is 2.22. The molecule has 0 bridgehead atoms. The Labute approximate surface area is 182 Å². The number of amides is 2. The van der Waals surface area contributed by atoms with Crippen molar-refractivity contribution in [1.29, 1.82) is 0 Å². The molecule has 2 N–H and O–H groups in total. The number of hydrogen-bond acceptors (Lipinski definition) is 6. The first kappa shape index (κ1) is 24.2. The van der Waals surface area contributed by atoms with Gasteiger partial charge in [-0.05, 0) is 43.3 Å². The predicted molar refractivity (Wildman–Crippen MR) is 119 cm³/mol. The van der Waals surface area contributed by atoms with Gasteiger partial charge in [-0.2, -0.15) is 0 Å². The van der Waals surface area contributed by atoms with E-state index in [1.807, 2.05) is 0 Å². The Balaban J connectivity index is 2.03. The number of ether oxygens (including phenoxy) is 2. The van der Waals surface area contributed by atoms with Crippen molar-refractivity contribution in [3.63, 3.8) is 0 Å². The van der Waals surface area contributed by atoms with Gasteiger partial charge in [0.05, 0.1) is 29.8 Å². The maximum atomic E-state index is 12.6. The van der Waals surface area contributed by atoms with Crippen LogP contribution in [-0.2, 0) is 19.6 Å². The van der Waals surface area contributed by atoms with Gasteiger partial charge in [-0.25, -0.2) is 8.42 Å². The fraction of sp³-hybridized carbons (Fsp3) is 0.333. The van der Waals surface area contributed by atoms with Gasteiger partial charge in [-0.15, -0.1) is 0 Å². The van der Waals surface area contributed by atoms with Crippen molar-refractivity contribution < 1.29 is 27.5 Å². The molecular formula is C21H27N3O6S. The van der Waals surface area contributed by atoms with Gasteiger partial charge in [-0.1, -0.05) is 12.1 Å². The summed E-state index contributed by atoms with van der Waals surface area (Å²) in [6.07, 6.45) is 0.252. The molecule has 0 fully saturated rings. The van der Waals surface area contributed by atoms with Crippen LogP contribution in [-0.4, -0.2) is 59.9 Å². The minimum atomic E-state index is -3.37. The molecule has 10 heteroatoms. The Bertz CT molecular complexity index is 1010. The van der Waals surface area contributed by atoms with Gasteiger partial charge in [0, 0.05) is 20.7 Å². The van der Waals surface area contributed by atoms with Crippen LogP contribution in [0.2, 0.25) is 0 Å². The average molecular weight is 450 g/mol. The summed E-state index contributed by atoms with van der Waals surface area (Å²) in [6, 6.07) is 13.0. The van der Waals surface area contributed by atoms with Crippen molar-refractivity contribution in [3.8, 4) is 5.75 Å². The number of rotatable bonds is 10. The lowest BCUT2D eigenvalue weighted by Crippen LogP contribution is -2.32.